The molecule has 0 aromatic heterocycles. The van der Waals surface area contributed by atoms with Crippen LogP contribution in [-0.2, 0) is 28.8 Å². The van der Waals surface area contributed by atoms with Crippen molar-refractivity contribution in [1.82, 2.24) is 47.0 Å². The van der Waals surface area contributed by atoms with E-state index in [0.717, 1.165) is 22.3 Å². The summed E-state index contributed by atoms with van der Waals surface area (Å²) < 4.78 is 21.7. The summed E-state index contributed by atoms with van der Waals surface area (Å²) >= 11 is 0. The Bertz CT molecular complexity index is 3000. The number of carbonyl (C=O) groups is 8. The molecule has 8 atom stereocenters. The van der Waals surface area contributed by atoms with Crippen LogP contribution in [0.5, 0.6) is 23.0 Å². The molecule has 2 aliphatic heterocycles. The van der Waals surface area contributed by atoms with E-state index < -0.39 is 112 Å². The molecule has 0 aliphatic carbocycles. The minimum atomic E-state index is -1.10. The number of nitrogens with zero attached hydrogens (tertiary/aromatic N) is 2. The van der Waals surface area contributed by atoms with Gasteiger partial charge in [-0.15, -0.1) is 0 Å². The fourth-order valence-corrected chi connectivity index (χ4v) is 11.3. The quantitative estimate of drug-likeness (QED) is 0.0317. The minimum Gasteiger partial charge on any atom is -0.497 e. The van der Waals surface area contributed by atoms with Crippen molar-refractivity contribution in [1.29, 1.82) is 0 Å². The number of hydrogen-bond acceptors (Lipinski definition) is 14. The molecular formula is C69H89N9O12. The number of Topliss-reactive ketones (excluding diaryl/α,β-unsaturated/α-hetero) is 1. The number of ketones is 1. The molecule has 0 unspecified atom stereocenters. The second kappa shape index (κ2) is 30.1. The summed E-state index contributed by atoms with van der Waals surface area (Å²) in [4.78, 5) is 118. The SMILES string of the molecule is CN[C@@H](C)C(=O)N[C@H](C(=O)N1C[C@@H](CC(=O)c2ccc(C(=O)N[C@H]3C[C@@H](C(=O)NC(c4ccc(OC)cc4)c4ccc(OC)cc4)N(C(=O)[C@@H](NC(=O)[C@H](C)NC)C(C)(C)C)C3)cc2)C[C@H]1C(=O)NC(c1ccc(OC)cc1)c1ccc(OC)cc1)C(C)(C)C. The van der Waals surface area contributed by atoms with Gasteiger partial charge in [-0.05, 0) is 140 Å². The van der Waals surface area contributed by atoms with Crippen LogP contribution in [-0.4, -0.2) is 155 Å². The van der Waals surface area contributed by atoms with Gasteiger partial charge in [0.15, 0.2) is 5.78 Å². The fourth-order valence-electron chi connectivity index (χ4n) is 11.3. The van der Waals surface area contributed by atoms with E-state index in [1.807, 2.05) is 90.1 Å². The largest absolute Gasteiger partial charge is 0.497 e. The van der Waals surface area contributed by atoms with Gasteiger partial charge in [-0.25, -0.2) is 0 Å². The van der Waals surface area contributed by atoms with E-state index in [1.165, 1.54) is 21.9 Å². The minimum absolute atomic E-state index is 0.0248. The summed E-state index contributed by atoms with van der Waals surface area (Å²) in [6, 6.07) is 27.7. The maximum atomic E-state index is 15.0. The lowest BCUT2D eigenvalue weighted by Gasteiger charge is -2.36. The molecule has 2 fully saturated rings. The second-order valence-electron chi connectivity index (χ2n) is 25.3. The molecule has 482 valence electrons. The van der Waals surface area contributed by atoms with Gasteiger partial charge in [0.2, 0.25) is 35.4 Å². The summed E-state index contributed by atoms with van der Waals surface area (Å²) in [6.07, 6.45) is 0.0951. The van der Waals surface area contributed by atoms with Crippen molar-refractivity contribution in [2.75, 3.05) is 55.6 Å². The normalized spacial score (nSPS) is 18.0. The van der Waals surface area contributed by atoms with Gasteiger partial charge in [0.25, 0.3) is 5.91 Å². The Kier molecular flexibility index (Phi) is 23.0. The number of likely N-dealkylation sites (N-methyl/N-ethyl adjacent to an activating group) is 2. The van der Waals surface area contributed by atoms with Gasteiger partial charge >= 0.3 is 0 Å². The Balaban J connectivity index is 1.12. The molecule has 21 heteroatoms. The van der Waals surface area contributed by atoms with E-state index in [9.17, 15) is 38.4 Å². The third-order valence-electron chi connectivity index (χ3n) is 17.0. The molecule has 0 radical (unpaired) electrons. The Morgan fingerprint density at radius 2 is 0.800 bits per heavy atom. The summed E-state index contributed by atoms with van der Waals surface area (Å²) in [5.74, 6) is -1.54. The maximum absolute atomic E-state index is 15.0. The molecule has 2 heterocycles. The first-order valence-corrected chi connectivity index (χ1v) is 30.4. The smallest absolute Gasteiger partial charge is 0.251 e. The Morgan fingerprint density at radius 1 is 0.467 bits per heavy atom. The maximum Gasteiger partial charge on any atom is 0.251 e. The Morgan fingerprint density at radius 3 is 1.13 bits per heavy atom. The Labute approximate surface area is 528 Å². The topological polar surface area (TPSA) is 264 Å². The summed E-state index contributed by atoms with van der Waals surface area (Å²) in [5.41, 5.74) is 1.86. The predicted molar refractivity (Wildman–Crippen MR) is 342 cm³/mol. The molecule has 7 N–H and O–H groups in total. The van der Waals surface area contributed by atoms with Crippen LogP contribution in [0.25, 0.3) is 0 Å². The molecular weight excluding hydrogens is 1150 g/mol. The summed E-state index contributed by atoms with van der Waals surface area (Å²) in [5, 5.41) is 21.1. The van der Waals surface area contributed by atoms with Crippen LogP contribution >= 0.6 is 0 Å². The van der Waals surface area contributed by atoms with Crippen molar-refractivity contribution in [3.8, 4) is 23.0 Å². The van der Waals surface area contributed by atoms with Crippen molar-refractivity contribution in [2.45, 2.75) is 129 Å². The van der Waals surface area contributed by atoms with E-state index in [-0.39, 0.29) is 49.3 Å². The molecule has 5 aromatic rings. The first-order chi connectivity index (χ1) is 42.7. The average Bonchev–Trinajstić information content (AvgIpc) is 1.64. The van der Waals surface area contributed by atoms with Gasteiger partial charge in [-0.1, -0.05) is 102 Å². The first-order valence-electron chi connectivity index (χ1n) is 30.4. The van der Waals surface area contributed by atoms with Gasteiger partial charge in [0, 0.05) is 36.7 Å². The van der Waals surface area contributed by atoms with E-state index in [4.69, 9.17) is 18.9 Å². The zero-order valence-electron chi connectivity index (χ0n) is 54.1. The van der Waals surface area contributed by atoms with Gasteiger partial charge in [0.1, 0.15) is 47.2 Å². The number of ether oxygens (including phenoxy) is 4. The van der Waals surface area contributed by atoms with Crippen molar-refractivity contribution in [3.63, 3.8) is 0 Å². The van der Waals surface area contributed by atoms with Crippen molar-refractivity contribution >= 4 is 47.1 Å². The van der Waals surface area contributed by atoms with E-state index in [0.29, 0.717) is 23.0 Å². The van der Waals surface area contributed by atoms with Gasteiger partial charge < -0.3 is 66.0 Å². The van der Waals surface area contributed by atoms with E-state index >= 15 is 0 Å². The highest BCUT2D eigenvalue weighted by Crippen LogP contribution is 2.35. The van der Waals surface area contributed by atoms with Crippen molar-refractivity contribution in [2.24, 2.45) is 16.7 Å². The highest BCUT2D eigenvalue weighted by molar-refractivity contribution is 6.00. The fraction of sp³-hybridized carbons (Fsp3) is 0.449. The summed E-state index contributed by atoms with van der Waals surface area (Å²) in [7, 11) is 9.54. The molecule has 21 nitrogen and oxygen atoms in total. The van der Waals surface area contributed by atoms with E-state index in [1.54, 1.807) is 117 Å². The lowest BCUT2D eigenvalue weighted by Crippen LogP contribution is -2.59. The number of nitrogens with one attached hydrogen (secondary N) is 7. The van der Waals surface area contributed by atoms with Gasteiger partial charge in [-0.3, -0.25) is 38.4 Å². The third-order valence-corrected chi connectivity index (χ3v) is 17.0. The zero-order chi connectivity index (χ0) is 65.8. The number of carbonyl (C=O) groups excluding carboxylic acids is 8. The monoisotopic (exact) mass is 1240 g/mol. The molecule has 2 aliphatic rings. The van der Waals surface area contributed by atoms with Gasteiger partial charge in [0.05, 0.1) is 52.6 Å². The molecule has 0 spiro atoms. The van der Waals surface area contributed by atoms with Crippen LogP contribution in [0.1, 0.15) is 130 Å². The van der Waals surface area contributed by atoms with E-state index in [2.05, 4.69) is 37.2 Å². The number of rotatable bonds is 25. The number of amides is 7. The van der Waals surface area contributed by atoms with Crippen LogP contribution < -0.4 is 56.2 Å². The van der Waals surface area contributed by atoms with Crippen molar-refractivity contribution in [3.05, 3.63) is 155 Å². The number of methoxy groups -OCH3 is 4. The van der Waals surface area contributed by atoms with Crippen LogP contribution in [0.4, 0.5) is 0 Å². The Hall–Kier alpha value is -8.82. The second-order valence-corrected chi connectivity index (χ2v) is 25.3. The lowest BCUT2D eigenvalue weighted by molar-refractivity contribution is -0.144. The van der Waals surface area contributed by atoms with Crippen LogP contribution in [0.3, 0.4) is 0 Å². The van der Waals surface area contributed by atoms with Crippen LogP contribution in [0.2, 0.25) is 0 Å². The number of hydrogen-bond donors (Lipinski definition) is 7. The standard InChI is InChI=1S/C69H89N9O12/c1-40(70-9)61(80)75-59(68(3,4)5)66(85)77-38-42(35-54(77)64(83)73-57(44-19-27-50(87-11)28-20-44)45-21-29-51(88-12)30-22-45)36-56(79)43-15-17-48(18-16-43)63(82)72-49-37-55(78(39-49)67(86)60(69(6,7)8)76-62(81)41(2)71-10)65(84)74-58(46-23-31-52(89-13)32-24-46)47-25-33-53(90-14)34-26-47/h15-34,40-42,49,54-55,57-60,70-71H,35-39H2,1-14H3,(H,72,82)(H,73,83)(H,74,84)(H,75,80)(H,76,81)/t40-,41-,42+,49-,54-,55-,59+,60+/m0/s1. The summed E-state index contributed by atoms with van der Waals surface area (Å²) in [6.45, 7) is 14.3. The highest BCUT2D eigenvalue weighted by Gasteiger charge is 2.48. The lowest BCUT2D eigenvalue weighted by atomic mass is 9.85. The molecule has 0 saturated carbocycles. The van der Waals surface area contributed by atoms with Crippen LogP contribution in [0, 0.1) is 16.7 Å². The molecule has 7 amide bonds. The third kappa shape index (κ3) is 16.9. The zero-order valence-corrected chi connectivity index (χ0v) is 54.1. The number of likely N-dealkylation sites (tertiary alicyclic amines) is 2. The van der Waals surface area contributed by atoms with Crippen molar-refractivity contribution < 1.29 is 57.3 Å². The highest BCUT2D eigenvalue weighted by atomic mass is 16.5. The van der Waals surface area contributed by atoms with Crippen LogP contribution in [0.15, 0.2) is 121 Å². The van der Waals surface area contributed by atoms with Gasteiger partial charge in [-0.2, -0.15) is 0 Å². The molecule has 7 rings (SSSR count). The number of benzene rings is 5. The average molecular weight is 1240 g/mol. The molecule has 0 bridgehead atoms. The molecule has 2 saturated heterocycles. The first kappa shape index (κ1) is 68.7. The molecule has 5 aromatic carbocycles. The predicted octanol–water partition coefficient (Wildman–Crippen LogP) is 6.30. The molecule has 90 heavy (non-hydrogen) atoms.